The van der Waals surface area contributed by atoms with Crippen LogP contribution >= 0.6 is 22.6 Å². The number of hydrogen-bond acceptors (Lipinski definition) is 1. The van der Waals surface area contributed by atoms with Crippen LogP contribution in [0.25, 0.3) is 16.6 Å². The highest BCUT2D eigenvalue weighted by molar-refractivity contribution is 14.1. The van der Waals surface area contributed by atoms with Crippen molar-refractivity contribution in [1.29, 1.82) is 0 Å². The fraction of sp³-hybridized carbons (Fsp3) is 0. The third-order valence-corrected chi connectivity index (χ3v) is 3.77. The van der Waals surface area contributed by atoms with Gasteiger partial charge in [0, 0.05) is 21.5 Å². The van der Waals surface area contributed by atoms with Crippen LogP contribution in [0.3, 0.4) is 0 Å². The maximum absolute atomic E-state index is 11.5. The summed E-state index contributed by atoms with van der Waals surface area (Å²) >= 11 is 2.23. The molecule has 0 fully saturated rings. The lowest BCUT2D eigenvalue weighted by atomic mass is 10.0. The summed E-state index contributed by atoms with van der Waals surface area (Å²) in [6.07, 6.45) is 3.72. The Morgan fingerprint density at radius 2 is 1.84 bits per heavy atom. The second-order valence-electron chi connectivity index (χ2n) is 4.22. The maximum Gasteiger partial charge on any atom is 0.338 e. The molecule has 0 saturated heterocycles. The van der Waals surface area contributed by atoms with Gasteiger partial charge in [-0.25, -0.2) is 4.79 Å². The van der Waals surface area contributed by atoms with E-state index in [4.69, 9.17) is 0 Å². The summed E-state index contributed by atoms with van der Waals surface area (Å²) in [6.45, 7) is 0. The monoisotopic (exact) mass is 363 g/mol. The molecule has 2 heterocycles. The molecule has 3 rings (SSSR count). The molecule has 94 valence electrons. The van der Waals surface area contributed by atoms with Crippen molar-refractivity contribution in [2.45, 2.75) is 0 Å². The predicted molar refractivity (Wildman–Crippen MR) is 82.5 cm³/mol. The van der Waals surface area contributed by atoms with Crippen molar-refractivity contribution in [2.75, 3.05) is 0 Å². The van der Waals surface area contributed by atoms with Gasteiger partial charge in [0.05, 0.1) is 11.1 Å². The van der Waals surface area contributed by atoms with Gasteiger partial charge >= 0.3 is 5.97 Å². The minimum atomic E-state index is -0.901. The Hall–Kier alpha value is -1.82. The average molecular weight is 363 g/mol. The van der Waals surface area contributed by atoms with E-state index in [1.54, 1.807) is 0 Å². The molecule has 0 aliphatic rings. The van der Waals surface area contributed by atoms with Gasteiger partial charge in [0.1, 0.15) is 0 Å². The van der Waals surface area contributed by atoms with E-state index in [1.165, 1.54) is 0 Å². The zero-order valence-electron chi connectivity index (χ0n) is 9.88. The van der Waals surface area contributed by atoms with Gasteiger partial charge in [-0.3, -0.25) is 0 Å². The Morgan fingerprint density at radius 3 is 2.53 bits per heavy atom. The number of nitrogens with zero attached hydrogens (tertiary/aromatic N) is 1. The Labute approximate surface area is 123 Å². The van der Waals surface area contributed by atoms with Crippen LogP contribution in [0.4, 0.5) is 0 Å². The normalized spacial score (nSPS) is 10.8. The summed E-state index contributed by atoms with van der Waals surface area (Å²) < 4.78 is 2.97. The number of aromatic nitrogens is 1. The Kier molecular flexibility index (Phi) is 3.02. The Morgan fingerprint density at radius 1 is 1.11 bits per heavy atom. The van der Waals surface area contributed by atoms with Gasteiger partial charge in [-0.2, -0.15) is 0 Å². The second kappa shape index (κ2) is 4.70. The Balaban J connectivity index is 2.31. The number of carboxylic acid groups (broad SMARTS) is 1. The topological polar surface area (TPSA) is 41.7 Å². The van der Waals surface area contributed by atoms with Gasteiger partial charge in [0.2, 0.25) is 0 Å². The molecule has 0 radical (unpaired) electrons. The molecule has 0 atom stereocenters. The second-order valence-corrected chi connectivity index (χ2v) is 5.47. The molecule has 4 heteroatoms. The molecule has 1 aromatic carbocycles. The van der Waals surface area contributed by atoms with Gasteiger partial charge in [-0.15, -0.1) is 0 Å². The van der Waals surface area contributed by atoms with Crippen LogP contribution in [-0.2, 0) is 0 Å². The van der Waals surface area contributed by atoms with Gasteiger partial charge < -0.3 is 9.51 Å². The van der Waals surface area contributed by atoms with Gasteiger partial charge in [-0.1, -0.05) is 18.2 Å². The zero-order valence-corrected chi connectivity index (χ0v) is 12.0. The van der Waals surface area contributed by atoms with Crippen molar-refractivity contribution in [3.8, 4) is 11.1 Å². The van der Waals surface area contributed by atoms with Crippen molar-refractivity contribution in [3.63, 3.8) is 0 Å². The lowest BCUT2D eigenvalue weighted by Crippen LogP contribution is -1.97. The van der Waals surface area contributed by atoms with Crippen molar-refractivity contribution in [3.05, 3.63) is 64.0 Å². The zero-order chi connectivity index (χ0) is 13.4. The average Bonchev–Trinajstić information content (AvgIpc) is 2.78. The van der Waals surface area contributed by atoms with E-state index in [9.17, 15) is 9.90 Å². The number of hydrogen-bond donors (Lipinski definition) is 1. The molecule has 0 bridgehead atoms. The minimum Gasteiger partial charge on any atom is -0.478 e. The number of pyridine rings is 1. The van der Waals surface area contributed by atoms with E-state index in [-0.39, 0.29) is 0 Å². The van der Waals surface area contributed by atoms with Crippen LogP contribution in [0.1, 0.15) is 10.4 Å². The molecule has 3 nitrogen and oxygen atoms in total. The van der Waals surface area contributed by atoms with Crippen LogP contribution in [0.15, 0.2) is 54.9 Å². The molecule has 19 heavy (non-hydrogen) atoms. The fourth-order valence-electron chi connectivity index (χ4n) is 2.20. The first-order valence-electron chi connectivity index (χ1n) is 5.76. The first-order chi connectivity index (χ1) is 9.16. The van der Waals surface area contributed by atoms with E-state index in [1.807, 2.05) is 59.3 Å². The molecule has 2 aromatic heterocycles. The third kappa shape index (κ3) is 2.12. The number of halogens is 1. The predicted octanol–water partition coefficient (Wildman–Crippen LogP) is 3.91. The molecule has 0 amide bonds. The van der Waals surface area contributed by atoms with Crippen LogP contribution in [0.5, 0.6) is 0 Å². The van der Waals surface area contributed by atoms with E-state index in [2.05, 4.69) is 22.6 Å². The van der Waals surface area contributed by atoms with Crippen molar-refractivity contribution in [1.82, 2.24) is 4.40 Å². The van der Waals surface area contributed by atoms with Crippen molar-refractivity contribution < 1.29 is 9.90 Å². The number of carbonyl (C=O) groups is 1. The molecule has 0 aliphatic heterocycles. The molecule has 0 aliphatic carbocycles. The van der Waals surface area contributed by atoms with Crippen molar-refractivity contribution in [2.24, 2.45) is 0 Å². The molecule has 3 aromatic rings. The standard InChI is InChI=1S/C15H10INO2/c16-11-6-4-10(5-7-11)12-9-17-8-2-1-3-13(17)14(12)15(18)19/h1-9H,(H,18,19). The van der Waals surface area contributed by atoms with E-state index < -0.39 is 5.97 Å². The largest absolute Gasteiger partial charge is 0.478 e. The van der Waals surface area contributed by atoms with Crippen LogP contribution < -0.4 is 0 Å². The van der Waals surface area contributed by atoms with Gasteiger partial charge in [-0.05, 0) is 52.4 Å². The highest BCUT2D eigenvalue weighted by Crippen LogP contribution is 2.29. The first kappa shape index (κ1) is 12.2. The van der Waals surface area contributed by atoms with Gasteiger partial charge in [0.25, 0.3) is 0 Å². The number of benzene rings is 1. The molecular weight excluding hydrogens is 353 g/mol. The third-order valence-electron chi connectivity index (χ3n) is 3.05. The minimum absolute atomic E-state index is 0.349. The van der Waals surface area contributed by atoms with Gasteiger partial charge in [0.15, 0.2) is 0 Å². The summed E-state index contributed by atoms with van der Waals surface area (Å²) in [4.78, 5) is 11.5. The van der Waals surface area contributed by atoms with Crippen LogP contribution in [-0.4, -0.2) is 15.5 Å². The van der Waals surface area contributed by atoms with E-state index in [0.717, 1.165) is 14.7 Å². The number of fused-ring (bicyclic) bond motifs is 1. The lowest BCUT2D eigenvalue weighted by molar-refractivity contribution is 0.0700. The first-order valence-corrected chi connectivity index (χ1v) is 6.83. The van der Waals surface area contributed by atoms with Crippen molar-refractivity contribution >= 4 is 34.1 Å². The summed E-state index contributed by atoms with van der Waals surface area (Å²) in [5.41, 5.74) is 2.72. The molecule has 0 unspecified atom stereocenters. The molecular formula is C15H10INO2. The van der Waals surface area contributed by atoms with Crippen LogP contribution in [0.2, 0.25) is 0 Å². The molecule has 0 saturated carbocycles. The summed E-state index contributed by atoms with van der Waals surface area (Å²) in [5.74, 6) is -0.901. The molecule has 0 spiro atoms. The quantitative estimate of drug-likeness (QED) is 0.702. The summed E-state index contributed by atoms with van der Waals surface area (Å²) in [5, 5.41) is 9.45. The smallest absolute Gasteiger partial charge is 0.338 e. The highest BCUT2D eigenvalue weighted by atomic mass is 127. The Bertz CT molecular complexity index is 759. The highest BCUT2D eigenvalue weighted by Gasteiger charge is 2.17. The van der Waals surface area contributed by atoms with E-state index in [0.29, 0.717) is 11.1 Å². The number of aromatic carboxylic acids is 1. The van der Waals surface area contributed by atoms with E-state index >= 15 is 0 Å². The summed E-state index contributed by atoms with van der Waals surface area (Å²) in [7, 11) is 0. The lowest BCUT2D eigenvalue weighted by Gasteiger charge is -2.01. The maximum atomic E-state index is 11.5. The number of rotatable bonds is 2. The number of carboxylic acids is 1. The SMILES string of the molecule is O=C(O)c1c(-c2ccc(I)cc2)cn2ccccc12. The summed E-state index contributed by atoms with van der Waals surface area (Å²) in [6, 6.07) is 13.4. The van der Waals surface area contributed by atoms with Crippen LogP contribution in [0, 0.1) is 3.57 Å². The fourth-order valence-corrected chi connectivity index (χ4v) is 2.55. The molecule has 1 N–H and O–H groups in total.